The van der Waals surface area contributed by atoms with E-state index in [-0.39, 0.29) is 28.9 Å². The molecule has 1 saturated heterocycles. The number of amides is 1. The van der Waals surface area contributed by atoms with E-state index >= 15 is 0 Å². The number of phenolic OH excluding ortho intramolecular Hbond substituents is 1. The minimum atomic E-state index is -0.815. The monoisotopic (exact) mass is 423 g/mol. The first-order valence-corrected chi connectivity index (χ1v) is 10.3. The number of methoxy groups -OCH3 is 2. The van der Waals surface area contributed by atoms with Crippen LogP contribution in [0.15, 0.2) is 48.0 Å². The maximum atomic E-state index is 13.1. The number of aliphatic hydroxyl groups is 1. The number of rotatable bonds is 5. The van der Waals surface area contributed by atoms with Gasteiger partial charge in [0.25, 0.3) is 11.7 Å². The van der Waals surface area contributed by atoms with Crippen molar-refractivity contribution in [1.29, 1.82) is 0 Å². The molecule has 2 N–H and O–H groups in total. The number of carbonyl (C=O) groups excluding carboxylic acids is 2. The quantitative estimate of drug-likeness (QED) is 0.432. The Morgan fingerprint density at radius 3 is 2.32 bits per heavy atom. The molecular weight excluding hydrogens is 398 g/mol. The highest BCUT2D eigenvalue weighted by Gasteiger charge is 2.49. The van der Waals surface area contributed by atoms with E-state index in [1.807, 2.05) is 0 Å². The van der Waals surface area contributed by atoms with Gasteiger partial charge in [0.05, 0.1) is 31.4 Å². The SMILES string of the molecule is COc1ccc(C2/C(=C(/O)c3ccccc3OC)C(=O)C(=O)N2C2CCCC2)cc1O. The van der Waals surface area contributed by atoms with E-state index < -0.39 is 17.7 Å². The minimum absolute atomic E-state index is 0.00836. The maximum absolute atomic E-state index is 13.1. The Morgan fingerprint density at radius 2 is 1.68 bits per heavy atom. The normalized spacial score (nSPS) is 21.0. The van der Waals surface area contributed by atoms with Gasteiger partial charge in [0, 0.05) is 6.04 Å². The Hall–Kier alpha value is -3.48. The molecule has 2 aliphatic rings. The van der Waals surface area contributed by atoms with Gasteiger partial charge in [0.2, 0.25) is 0 Å². The van der Waals surface area contributed by atoms with E-state index in [9.17, 15) is 19.8 Å². The molecule has 2 aromatic carbocycles. The van der Waals surface area contributed by atoms with Crippen molar-refractivity contribution in [3.63, 3.8) is 0 Å². The molecule has 1 aliphatic carbocycles. The van der Waals surface area contributed by atoms with E-state index in [4.69, 9.17) is 9.47 Å². The number of benzene rings is 2. The highest BCUT2D eigenvalue weighted by atomic mass is 16.5. The fraction of sp³-hybridized carbons (Fsp3) is 0.333. The fourth-order valence-corrected chi connectivity index (χ4v) is 4.60. The molecule has 0 aromatic heterocycles. The molecule has 1 heterocycles. The standard InChI is InChI=1S/C24H25NO6/c1-30-18-10-6-5-9-16(18)22(27)20-21(14-11-12-19(31-2)17(26)13-14)25(24(29)23(20)28)15-7-3-4-8-15/h5-6,9-13,15,21,26-27H,3-4,7-8H2,1-2H3/b22-20-. The van der Waals surface area contributed by atoms with Crippen LogP contribution in [0.5, 0.6) is 17.2 Å². The molecule has 1 aliphatic heterocycles. The number of nitrogens with zero attached hydrogens (tertiary/aromatic N) is 1. The third-order valence-electron chi connectivity index (χ3n) is 6.08. The number of para-hydroxylation sites is 1. The van der Waals surface area contributed by atoms with Gasteiger partial charge in [-0.25, -0.2) is 0 Å². The van der Waals surface area contributed by atoms with Gasteiger partial charge >= 0.3 is 0 Å². The topological polar surface area (TPSA) is 96.3 Å². The van der Waals surface area contributed by atoms with Crippen LogP contribution in [0.4, 0.5) is 0 Å². The van der Waals surface area contributed by atoms with Crippen LogP contribution in [0.2, 0.25) is 0 Å². The zero-order valence-corrected chi connectivity index (χ0v) is 17.5. The lowest BCUT2D eigenvalue weighted by atomic mass is 9.94. The zero-order valence-electron chi connectivity index (χ0n) is 17.5. The van der Waals surface area contributed by atoms with E-state index in [0.29, 0.717) is 16.9 Å². The van der Waals surface area contributed by atoms with E-state index in [2.05, 4.69) is 0 Å². The van der Waals surface area contributed by atoms with Crippen LogP contribution in [-0.4, -0.2) is 47.1 Å². The van der Waals surface area contributed by atoms with Crippen molar-refractivity contribution in [3.8, 4) is 17.2 Å². The molecule has 7 heteroatoms. The van der Waals surface area contributed by atoms with Crippen molar-refractivity contribution in [2.45, 2.75) is 37.8 Å². The van der Waals surface area contributed by atoms with Crippen LogP contribution in [0.1, 0.15) is 42.9 Å². The predicted octanol–water partition coefficient (Wildman–Crippen LogP) is 3.77. The summed E-state index contributed by atoms with van der Waals surface area (Å²) in [5, 5.41) is 21.5. The lowest BCUT2D eigenvalue weighted by molar-refractivity contribution is -0.141. The predicted molar refractivity (Wildman–Crippen MR) is 114 cm³/mol. The summed E-state index contributed by atoms with van der Waals surface area (Å²) in [5.41, 5.74) is 0.851. The molecule has 1 saturated carbocycles. The average molecular weight is 423 g/mol. The van der Waals surface area contributed by atoms with Gasteiger partial charge in [-0.2, -0.15) is 0 Å². The van der Waals surface area contributed by atoms with Crippen molar-refractivity contribution in [2.75, 3.05) is 14.2 Å². The Balaban J connectivity index is 1.92. The molecule has 2 fully saturated rings. The molecule has 4 rings (SSSR count). The van der Waals surface area contributed by atoms with Crippen molar-refractivity contribution in [1.82, 2.24) is 4.90 Å². The number of carbonyl (C=O) groups is 2. The van der Waals surface area contributed by atoms with Crippen LogP contribution in [0, 0.1) is 0 Å². The van der Waals surface area contributed by atoms with Gasteiger partial charge in [-0.1, -0.05) is 31.0 Å². The van der Waals surface area contributed by atoms with Gasteiger partial charge < -0.3 is 24.6 Å². The van der Waals surface area contributed by atoms with Crippen molar-refractivity contribution in [2.24, 2.45) is 0 Å². The molecule has 0 bridgehead atoms. The molecule has 0 spiro atoms. The fourth-order valence-electron chi connectivity index (χ4n) is 4.60. The van der Waals surface area contributed by atoms with Crippen LogP contribution in [0.25, 0.3) is 5.76 Å². The van der Waals surface area contributed by atoms with Crippen LogP contribution >= 0.6 is 0 Å². The second-order valence-electron chi connectivity index (χ2n) is 7.78. The number of phenols is 1. The minimum Gasteiger partial charge on any atom is -0.507 e. The molecule has 2 aromatic rings. The number of aliphatic hydroxyl groups excluding tert-OH is 1. The summed E-state index contributed by atoms with van der Waals surface area (Å²) in [7, 11) is 2.92. The number of hydrogen-bond donors (Lipinski definition) is 2. The number of aromatic hydroxyl groups is 1. The molecule has 0 radical (unpaired) electrons. The molecule has 1 amide bonds. The first kappa shape index (κ1) is 20.8. The number of likely N-dealkylation sites (tertiary alicyclic amines) is 1. The molecule has 7 nitrogen and oxygen atoms in total. The van der Waals surface area contributed by atoms with E-state index in [1.54, 1.807) is 41.3 Å². The van der Waals surface area contributed by atoms with Gasteiger partial charge in [0.1, 0.15) is 11.5 Å². The second kappa shape index (κ2) is 8.34. The Morgan fingerprint density at radius 1 is 1.00 bits per heavy atom. The number of hydrogen-bond acceptors (Lipinski definition) is 6. The number of Topliss-reactive ketones (excluding diaryl/α,β-unsaturated/α-hetero) is 1. The smallest absolute Gasteiger partial charge is 0.295 e. The molecule has 1 atom stereocenters. The third-order valence-corrected chi connectivity index (χ3v) is 6.08. The summed E-state index contributed by atoms with van der Waals surface area (Å²) in [6.07, 6.45) is 3.53. The van der Waals surface area contributed by atoms with Crippen molar-refractivity contribution in [3.05, 3.63) is 59.2 Å². The summed E-state index contributed by atoms with van der Waals surface area (Å²) in [5.74, 6) is -1.10. The van der Waals surface area contributed by atoms with Crippen molar-refractivity contribution < 1.29 is 29.3 Å². The molecular formula is C24H25NO6. The highest BCUT2D eigenvalue weighted by Crippen LogP contribution is 2.45. The average Bonchev–Trinajstić information content (AvgIpc) is 3.40. The van der Waals surface area contributed by atoms with E-state index in [0.717, 1.165) is 25.7 Å². The molecule has 162 valence electrons. The van der Waals surface area contributed by atoms with Crippen molar-refractivity contribution >= 4 is 17.4 Å². The summed E-state index contributed by atoms with van der Waals surface area (Å²) in [4.78, 5) is 27.8. The Bertz CT molecular complexity index is 1050. The molecule has 31 heavy (non-hydrogen) atoms. The second-order valence-corrected chi connectivity index (χ2v) is 7.78. The Labute approximate surface area is 180 Å². The lowest BCUT2D eigenvalue weighted by Crippen LogP contribution is -2.37. The van der Waals surface area contributed by atoms with Crippen LogP contribution < -0.4 is 9.47 Å². The van der Waals surface area contributed by atoms with Crippen LogP contribution in [0.3, 0.4) is 0 Å². The van der Waals surface area contributed by atoms with Gasteiger partial charge in [-0.3, -0.25) is 9.59 Å². The zero-order chi connectivity index (χ0) is 22.1. The highest BCUT2D eigenvalue weighted by molar-refractivity contribution is 6.46. The number of ether oxygens (including phenoxy) is 2. The summed E-state index contributed by atoms with van der Waals surface area (Å²) in [6.45, 7) is 0. The number of ketones is 1. The van der Waals surface area contributed by atoms with Crippen LogP contribution in [-0.2, 0) is 9.59 Å². The van der Waals surface area contributed by atoms with Gasteiger partial charge in [-0.15, -0.1) is 0 Å². The summed E-state index contributed by atoms with van der Waals surface area (Å²) >= 11 is 0. The first-order valence-electron chi connectivity index (χ1n) is 10.3. The van der Waals surface area contributed by atoms with Gasteiger partial charge in [-0.05, 0) is 42.7 Å². The first-order chi connectivity index (χ1) is 15.0. The van der Waals surface area contributed by atoms with E-state index in [1.165, 1.54) is 20.3 Å². The Kier molecular flexibility index (Phi) is 5.59. The summed E-state index contributed by atoms with van der Waals surface area (Å²) < 4.78 is 10.5. The largest absolute Gasteiger partial charge is 0.507 e. The molecule has 1 unspecified atom stereocenters. The lowest BCUT2D eigenvalue weighted by Gasteiger charge is -2.31. The maximum Gasteiger partial charge on any atom is 0.295 e. The van der Waals surface area contributed by atoms with Gasteiger partial charge in [0.15, 0.2) is 11.5 Å². The summed E-state index contributed by atoms with van der Waals surface area (Å²) in [6, 6.07) is 10.6. The third kappa shape index (κ3) is 3.50.